The Labute approximate surface area is 108 Å². The highest BCUT2D eigenvalue weighted by Gasteiger charge is 2.09. The van der Waals surface area contributed by atoms with Crippen LogP contribution in [0.5, 0.6) is 0 Å². The van der Waals surface area contributed by atoms with Crippen molar-refractivity contribution in [1.82, 2.24) is 15.5 Å². The first-order chi connectivity index (χ1) is 8.68. The van der Waals surface area contributed by atoms with E-state index < -0.39 is 5.97 Å². The highest BCUT2D eigenvalue weighted by molar-refractivity contribution is 5.73. The Morgan fingerprint density at radius 1 is 1.06 bits per heavy atom. The summed E-state index contributed by atoms with van der Waals surface area (Å²) < 4.78 is 0. The van der Waals surface area contributed by atoms with E-state index in [0.717, 1.165) is 19.6 Å². The Balaban J connectivity index is 1.94. The third kappa shape index (κ3) is 7.11. The summed E-state index contributed by atoms with van der Waals surface area (Å²) in [6.07, 6.45) is 4.37. The van der Waals surface area contributed by atoms with Gasteiger partial charge in [-0.1, -0.05) is 6.42 Å². The van der Waals surface area contributed by atoms with Gasteiger partial charge in [-0.2, -0.15) is 0 Å². The van der Waals surface area contributed by atoms with Crippen LogP contribution in [0.4, 0.5) is 4.79 Å². The van der Waals surface area contributed by atoms with Crippen LogP contribution in [-0.2, 0) is 4.79 Å². The first-order valence-electron chi connectivity index (χ1n) is 6.64. The summed E-state index contributed by atoms with van der Waals surface area (Å²) >= 11 is 0. The standard InChI is InChI=1S/C12H23N3O3/c16-11(17)5-4-6-13-12(18)14-7-10-15-8-2-1-3-9-15/h1-10H2,(H,16,17)(H2,13,14,18). The van der Waals surface area contributed by atoms with E-state index in [1.165, 1.54) is 19.3 Å². The van der Waals surface area contributed by atoms with Crippen LogP contribution in [0, 0.1) is 0 Å². The maximum atomic E-state index is 11.3. The van der Waals surface area contributed by atoms with Crippen LogP contribution in [0.25, 0.3) is 0 Å². The Bertz CT molecular complexity index is 265. The third-order valence-corrected chi connectivity index (χ3v) is 3.02. The highest BCUT2D eigenvalue weighted by Crippen LogP contribution is 2.07. The number of carboxylic acid groups (broad SMARTS) is 1. The van der Waals surface area contributed by atoms with Gasteiger partial charge >= 0.3 is 12.0 Å². The summed E-state index contributed by atoms with van der Waals surface area (Å²) in [5.41, 5.74) is 0. The van der Waals surface area contributed by atoms with Crippen LogP contribution in [0.3, 0.4) is 0 Å². The SMILES string of the molecule is O=C(O)CCCNC(=O)NCCN1CCCCC1. The molecule has 1 rings (SSSR count). The number of carbonyl (C=O) groups excluding carboxylic acids is 1. The summed E-state index contributed by atoms with van der Waals surface area (Å²) in [7, 11) is 0. The van der Waals surface area contributed by atoms with Gasteiger partial charge in [0, 0.05) is 26.1 Å². The number of piperidine rings is 1. The molecule has 0 radical (unpaired) electrons. The number of rotatable bonds is 7. The zero-order valence-electron chi connectivity index (χ0n) is 10.8. The van der Waals surface area contributed by atoms with E-state index in [4.69, 9.17) is 5.11 Å². The van der Waals surface area contributed by atoms with Crippen molar-refractivity contribution in [2.24, 2.45) is 0 Å². The van der Waals surface area contributed by atoms with Crippen molar-refractivity contribution in [3.63, 3.8) is 0 Å². The molecule has 0 atom stereocenters. The predicted molar refractivity (Wildman–Crippen MR) is 68.6 cm³/mol. The lowest BCUT2D eigenvalue weighted by molar-refractivity contribution is -0.137. The molecule has 0 unspecified atom stereocenters. The average molecular weight is 257 g/mol. The molecule has 0 bridgehead atoms. The van der Waals surface area contributed by atoms with Gasteiger partial charge in [-0.3, -0.25) is 4.79 Å². The van der Waals surface area contributed by atoms with Crippen LogP contribution < -0.4 is 10.6 Å². The quantitative estimate of drug-likeness (QED) is 0.584. The lowest BCUT2D eigenvalue weighted by atomic mass is 10.1. The minimum absolute atomic E-state index is 0.0913. The number of carboxylic acids is 1. The Morgan fingerprint density at radius 2 is 1.72 bits per heavy atom. The van der Waals surface area contributed by atoms with Crippen molar-refractivity contribution in [3.05, 3.63) is 0 Å². The zero-order chi connectivity index (χ0) is 13.2. The number of likely N-dealkylation sites (tertiary alicyclic amines) is 1. The van der Waals surface area contributed by atoms with E-state index in [9.17, 15) is 9.59 Å². The van der Waals surface area contributed by atoms with Crippen LogP contribution in [-0.4, -0.2) is 54.7 Å². The smallest absolute Gasteiger partial charge is 0.314 e. The lowest BCUT2D eigenvalue weighted by Gasteiger charge is -2.26. The summed E-state index contributed by atoms with van der Waals surface area (Å²) in [5.74, 6) is -0.831. The largest absolute Gasteiger partial charge is 0.481 e. The molecule has 3 N–H and O–H groups in total. The molecular formula is C12H23N3O3. The number of aliphatic carboxylic acids is 1. The normalized spacial score (nSPS) is 16.2. The Hall–Kier alpha value is -1.30. The van der Waals surface area contributed by atoms with Gasteiger partial charge in [0.15, 0.2) is 0 Å². The van der Waals surface area contributed by atoms with Crippen LogP contribution in [0.2, 0.25) is 0 Å². The predicted octanol–water partition coefficient (Wildman–Crippen LogP) is 0.636. The molecule has 104 valence electrons. The second-order valence-corrected chi connectivity index (χ2v) is 4.58. The van der Waals surface area contributed by atoms with Crippen molar-refractivity contribution in [3.8, 4) is 0 Å². The van der Waals surface area contributed by atoms with E-state index in [0.29, 0.717) is 19.5 Å². The second-order valence-electron chi connectivity index (χ2n) is 4.58. The molecule has 0 aromatic carbocycles. The fraction of sp³-hybridized carbons (Fsp3) is 0.833. The van der Waals surface area contributed by atoms with E-state index in [1.54, 1.807) is 0 Å². The monoisotopic (exact) mass is 257 g/mol. The first kappa shape index (κ1) is 14.8. The van der Waals surface area contributed by atoms with Gasteiger partial charge in [0.1, 0.15) is 0 Å². The van der Waals surface area contributed by atoms with E-state index in [1.807, 2.05) is 0 Å². The summed E-state index contributed by atoms with van der Waals surface area (Å²) in [6.45, 7) is 4.19. The van der Waals surface area contributed by atoms with Gasteiger partial charge < -0.3 is 20.6 Å². The fourth-order valence-electron chi connectivity index (χ4n) is 2.01. The highest BCUT2D eigenvalue weighted by atomic mass is 16.4. The van der Waals surface area contributed by atoms with Gasteiger partial charge in [0.05, 0.1) is 0 Å². The molecular weight excluding hydrogens is 234 g/mol. The number of urea groups is 1. The maximum absolute atomic E-state index is 11.3. The molecule has 1 saturated heterocycles. The minimum atomic E-state index is -0.831. The maximum Gasteiger partial charge on any atom is 0.314 e. The van der Waals surface area contributed by atoms with Crippen molar-refractivity contribution < 1.29 is 14.7 Å². The molecule has 0 spiro atoms. The van der Waals surface area contributed by atoms with Gasteiger partial charge in [0.2, 0.25) is 0 Å². The number of hydrogen-bond acceptors (Lipinski definition) is 3. The summed E-state index contributed by atoms with van der Waals surface area (Å²) in [4.78, 5) is 24.0. The number of nitrogens with zero attached hydrogens (tertiary/aromatic N) is 1. The topological polar surface area (TPSA) is 81.7 Å². The van der Waals surface area contributed by atoms with Gasteiger partial charge in [-0.25, -0.2) is 4.79 Å². The zero-order valence-corrected chi connectivity index (χ0v) is 10.8. The van der Waals surface area contributed by atoms with Crippen molar-refractivity contribution in [2.45, 2.75) is 32.1 Å². The van der Waals surface area contributed by atoms with Crippen molar-refractivity contribution in [2.75, 3.05) is 32.7 Å². The molecule has 6 heteroatoms. The Morgan fingerprint density at radius 3 is 2.39 bits per heavy atom. The van der Waals surface area contributed by atoms with E-state index in [-0.39, 0.29) is 12.5 Å². The summed E-state index contributed by atoms with van der Waals surface area (Å²) in [6, 6.07) is -0.211. The second kappa shape index (κ2) is 8.74. The summed E-state index contributed by atoms with van der Waals surface area (Å²) in [5, 5.41) is 13.9. The van der Waals surface area contributed by atoms with Crippen molar-refractivity contribution in [1.29, 1.82) is 0 Å². The molecule has 1 heterocycles. The molecule has 0 aromatic rings. The number of nitrogens with one attached hydrogen (secondary N) is 2. The molecule has 1 aliphatic heterocycles. The molecule has 6 nitrogen and oxygen atoms in total. The van der Waals surface area contributed by atoms with Gasteiger partial charge in [0.25, 0.3) is 0 Å². The number of carbonyl (C=O) groups is 2. The lowest BCUT2D eigenvalue weighted by Crippen LogP contribution is -2.41. The third-order valence-electron chi connectivity index (χ3n) is 3.02. The number of amides is 2. The Kier molecular flexibility index (Phi) is 7.17. The molecule has 18 heavy (non-hydrogen) atoms. The number of hydrogen-bond donors (Lipinski definition) is 3. The fourth-order valence-corrected chi connectivity index (χ4v) is 2.01. The van der Waals surface area contributed by atoms with Crippen LogP contribution in [0.15, 0.2) is 0 Å². The van der Waals surface area contributed by atoms with Gasteiger partial charge in [-0.15, -0.1) is 0 Å². The molecule has 2 amide bonds. The minimum Gasteiger partial charge on any atom is -0.481 e. The first-order valence-corrected chi connectivity index (χ1v) is 6.64. The van der Waals surface area contributed by atoms with E-state index in [2.05, 4.69) is 15.5 Å². The van der Waals surface area contributed by atoms with Crippen molar-refractivity contribution >= 4 is 12.0 Å². The molecule has 1 aliphatic rings. The molecule has 1 fully saturated rings. The molecule has 0 aliphatic carbocycles. The molecule has 0 saturated carbocycles. The van der Waals surface area contributed by atoms with Crippen LogP contribution in [0.1, 0.15) is 32.1 Å². The van der Waals surface area contributed by atoms with E-state index >= 15 is 0 Å². The molecule has 0 aromatic heterocycles. The van der Waals surface area contributed by atoms with Crippen LogP contribution >= 0.6 is 0 Å². The average Bonchev–Trinajstić information content (AvgIpc) is 2.36. The van der Waals surface area contributed by atoms with Gasteiger partial charge in [-0.05, 0) is 32.4 Å².